The second-order valence-electron chi connectivity index (χ2n) is 5.19. The van der Waals surface area contributed by atoms with Gasteiger partial charge in [0.1, 0.15) is 5.75 Å². The Labute approximate surface area is 133 Å². The number of benzene rings is 1. The first-order valence-electron chi connectivity index (χ1n) is 7.09. The van der Waals surface area contributed by atoms with Gasteiger partial charge in [-0.05, 0) is 40.9 Å². The lowest BCUT2D eigenvalue weighted by Gasteiger charge is -2.27. The number of rotatable bonds is 5. The van der Waals surface area contributed by atoms with E-state index in [1.807, 2.05) is 25.1 Å². The predicted octanol–water partition coefficient (Wildman–Crippen LogP) is 1.58. The van der Waals surface area contributed by atoms with E-state index < -0.39 is 0 Å². The van der Waals surface area contributed by atoms with Crippen LogP contribution >= 0.6 is 15.9 Å². The van der Waals surface area contributed by atoms with Crippen molar-refractivity contribution in [1.29, 1.82) is 0 Å². The van der Waals surface area contributed by atoms with Crippen molar-refractivity contribution in [3.8, 4) is 5.75 Å². The topological polar surface area (TPSA) is 64.8 Å². The summed E-state index contributed by atoms with van der Waals surface area (Å²) in [4.78, 5) is 13.9. The van der Waals surface area contributed by atoms with Gasteiger partial charge < -0.3 is 20.1 Å². The molecular weight excluding hydrogens is 336 g/mol. The fourth-order valence-electron chi connectivity index (χ4n) is 2.26. The summed E-state index contributed by atoms with van der Waals surface area (Å²) in [5, 5.41) is 0. The average Bonchev–Trinajstić information content (AvgIpc) is 2.46. The van der Waals surface area contributed by atoms with Crippen LogP contribution in [0.5, 0.6) is 5.75 Å². The number of amides is 1. The zero-order valence-electron chi connectivity index (χ0n) is 12.2. The highest BCUT2D eigenvalue weighted by atomic mass is 79.9. The summed E-state index contributed by atoms with van der Waals surface area (Å²) in [6, 6.07) is 5.86. The maximum atomic E-state index is 12.1. The summed E-state index contributed by atoms with van der Waals surface area (Å²) in [5.74, 6) is 0.692. The third-order valence-corrected chi connectivity index (χ3v) is 3.92. The molecule has 21 heavy (non-hydrogen) atoms. The smallest absolute Gasteiger partial charge is 0.260 e. The Hall–Kier alpha value is -1.11. The largest absolute Gasteiger partial charge is 0.482 e. The van der Waals surface area contributed by atoms with E-state index in [1.54, 1.807) is 4.90 Å². The van der Waals surface area contributed by atoms with Crippen molar-refractivity contribution >= 4 is 21.8 Å². The lowest BCUT2D eigenvalue weighted by atomic mass is 10.1. The maximum Gasteiger partial charge on any atom is 0.260 e. The lowest BCUT2D eigenvalue weighted by Crippen LogP contribution is -2.43. The van der Waals surface area contributed by atoms with Gasteiger partial charge >= 0.3 is 0 Å². The number of ether oxygens (including phenoxy) is 2. The van der Waals surface area contributed by atoms with Crippen LogP contribution in [0.15, 0.2) is 22.7 Å². The highest BCUT2D eigenvalue weighted by Crippen LogP contribution is 2.30. The zero-order valence-corrected chi connectivity index (χ0v) is 13.8. The molecule has 0 spiro atoms. The molecule has 1 fully saturated rings. The number of hydrogen-bond donors (Lipinski definition) is 1. The van der Waals surface area contributed by atoms with E-state index in [0.717, 1.165) is 10.0 Å². The summed E-state index contributed by atoms with van der Waals surface area (Å²) < 4.78 is 11.8. The van der Waals surface area contributed by atoms with Crippen LogP contribution in [-0.2, 0) is 16.0 Å². The number of halogens is 1. The number of para-hydroxylation sites is 1. The van der Waals surface area contributed by atoms with Crippen molar-refractivity contribution in [3.63, 3.8) is 0 Å². The molecule has 2 N–H and O–H groups in total. The molecule has 0 saturated carbocycles. The Morgan fingerprint density at radius 2 is 2.19 bits per heavy atom. The van der Waals surface area contributed by atoms with Gasteiger partial charge in [-0.2, -0.15) is 0 Å². The number of hydrogen-bond acceptors (Lipinski definition) is 4. The Morgan fingerprint density at radius 3 is 2.86 bits per heavy atom. The van der Waals surface area contributed by atoms with E-state index >= 15 is 0 Å². The second kappa shape index (κ2) is 7.77. The van der Waals surface area contributed by atoms with Crippen LogP contribution in [0.2, 0.25) is 0 Å². The van der Waals surface area contributed by atoms with Crippen LogP contribution in [-0.4, -0.2) is 49.8 Å². The molecule has 1 aromatic rings. The minimum Gasteiger partial charge on any atom is -0.482 e. The molecule has 2 rings (SSSR count). The van der Waals surface area contributed by atoms with Crippen molar-refractivity contribution in [2.24, 2.45) is 5.73 Å². The minimum absolute atomic E-state index is 0.0131. The van der Waals surface area contributed by atoms with Gasteiger partial charge in [-0.15, -0.1) is 0 Å². The van der Waals surface area contributed by atoms with E-state index in [0.29, 0.717) is 38.5 Å². The van der Waals surface area contributed by atoms with Crippen LogP contribution in [0.1, 0.15) is 12.5 Å². The second-order valence-corrected chi connectivity index (χ2v) is 6.05. The first-order chi connectivity index (χ1) is 10.1. The number of morpholine rings is 1. The molecule has 1 aliphatic rings. The highest BCUT2D eigenvalue weighted by molar-refractivity contribution is 9.10. The molecule has 1 saturated heterocycles. The molecule has 1 aliphatic heterocycles. The SMILES string of the molecule is CC(N)Cc1cccc(Br)c1OCC(=O)N1CCOCC1. The standard InChI is InChI=1S/C15H21BrN2O3/c1-11(17)9-12-3-2-4-13(16)15(12)21-10-14(19)18-5-7-20-8-6-18/h2-4,11H,5-10,17H2,1H3. The lowest BCUT2D eigenvalue weighted by molar-refractivity contribution is -0.137. The molecule has 6 heteroatoms. The molecule has 116 valence electrons. The van der Waals surface area contributed by atoms with Gasteiger partial charge in [0.05, 0.1) is 17.7 Å². The Bertz CT molecular complexity index is 488. The fourth-order valence-corrected chi connectivity index (χ4v) is 2.78. The van der Waals surface area contributed by atoms with E-state index in [9.17, 15) is 4.79 Å². The normalized spacial score (nSPS) is 16.6. The highest BCUT2D eigenvalue weighted by Gasteiger charge is 2.18. The number of nitrogens with zero attached hydrogens (tertiary/aromatic N) is 1. The summed E-state index contributed by atoms with van der Waals surface area (Å²) in [6.45, 7) is 4.43. The van der Waals surface area contributed by atoms with Gasteiger partial charge in [-0.25, -0.2) is 0 Å². The van der Waals surface area contributed by atoms with Crippen LogP contribution in [0.4, 0.5) is 0 Å². The quantitative estimate of drug-likeness (QED) is 0.869. The summed E-state index contributed by atoms with van der Waals surface area (Å²) >= 11 is 3.47. The van der Waals surface area contributed by atoms with E-state index in [1.165, 1.54) is 0 Å². The van der Waals surface area contributed by atoms with E-state index in [4.69, 9.17) is 15.2 Å². The van der Waals surface area contributed by atoms with Crippen molar-refractivity contribution < 1.29 is 14.3 Å². The average molecular weight is 357 g/mol. The Balaban J connectivity index is 2.00. The number of carbonyl (C=O) groups excluding carboxylic acids is 1. The number of carbonyl (C=O) groups is 1. The molecule has 1 aromatic carbocycles. The summed E-state index contributed by atoms with van der Waals surface area (Å²) in [7, 11) is 0. The van der Waals surface area contributed by atoms with Gasteiger partial charge in [0.15, 0.2) is 6.61 Å². The Kier molecular flexibility index (Phi) is 6.02. The predicted molar refractivity (Wildman–Crippen MR) is 84.4 cm³/mol. The van der Waals surface area contributed by atoms with Crippen molar-refractivity contribution in [2.75, 3.05) is 32.9 Å². The third kappa shape index (κ3) is 4.69. The van der Waals surface area contributed by atoms with Gasteiger partial charge in [0, 0.05) is 19.1 Å². The molecule has 1 amide bonds. The third-order valence-electron chi connectivity index (χ3n) is 3.29. The molecule has 1 unspecified atom stereocenters. The first-order valence-corrected chi connectivity index (χ1v) is 7.88. The van der Waals surface area contributed by atoms with Gasteiger partial charge in [0.25, 0.3) is 5.91 Å². The first kappa shape index (κ1) is 16.3. The molecular formula is C15H21BrN2O3. The zero-order chi connectivity index (χ0) is 15.2. The molecule has 0 bridgehead atoms. The number of nitrogens with two attached hydrogens (primary N) is 1. The molecule has 5 nitrogen and oxygen atoms in total. The van der Waals surface area contributed by atoms with Crippen LogP contribution < -0.4 is 10.5 Å². The molecule has 0 radical (unpaired) electrons. The van der Waals surface area contributed by atoms with E-state index in [2.05, 4.69) is 15.9 Å². The molecule has 1 atom stereocenters. The van der Waals surface area contributed by atoms with Gasteiger partial charge in [-0.3, -0.25) is 4.79 Å². The van der Waals surface area contributed by atoms with Crippen molar-refractivity contribution in [2.45, 2.75) is 19.4 Å². The van der Waals surface area contributed by atoms with E-state index in [-0.39, 0.29) is 18.6 Å². The van der Waals surface area contributed by atoms with Crippen LogP contribution in [0.3, 0.4) is 0 Å². The van der Waals surface area contributed by atoms with Crippen molar-refractivity contribution in [1.82, 2.24) is 4.90 Å². The monoisotopic (exact) mass is 356 g/mol. The van der Waals surface area contributed by atoms with Crippen LogP contribution in [0.25, 0.3) is 0 Å². The summed E-state index contributed by atoms with van der Waals surface area (Å²) in [5.41, 5.74) is 6.86. The molecule has 0 aromatic heterocycles. The van der Waals surface area contributed by atoms with Gasteiger partial charge in [-0.1, -0.05) is 12.1 Å². The maximum absolute atomic E-state index is 12.1. The fraction of sp³-hybridized carbons (Fsp3) is 0.533. The molecule has 0 aliphatic carbocycles. The summed E-state index contributed by atoms with van der Waals surface area (Å²) in [6.07, 6.45) is 0.709. The molecule has 1 heterocycles. The van der Waals surface area contributed by atoms with Crippen molar-refractivity contribution in [3.05, 3.63) is 28.2 Å². The van der Waals surface area contributed by atoms with Gasteiger partial charge in [0.2, 0.25) is 0 Å². The minimum atomic E-state index is -0.0131. The van der Waals surface area contributed by atoms with Crippen LogP contribution in [0, 0.1) is 0 Å². The Morgan fingerprint density at radius 1 is 1.48 bits per heavy atom.